The van der Waals surface area contributed by atoms with Gasteiger partial charge in [-0.05, 0) is 36.9 Å². The van der Waals surface area contributed by atoms with Gasteiger partial charge in [-0.3, -0.25) is 15.0 Å². The second kappa shape index (κ2) is 5.85. The molecule has 2 heterocycles. The van der Waals surface area contributed by atoms with Crippen LogP contribution in [0, 0.1) is 0 Å². The smallest absolute Gasteiger partial charge is 0.142 e. The number of fused-ring (bicyclic) bond motifs is 1. The van der Waals surface area contributed by atoms with Crippen molar-refractivity contribution in [2.24, 2.45) is 0 Å². The van der Waals surface area contributed by atoms with Crippen molar-refractivity contribution in [2.45, 2.75) is 6.04 Å². The topological polar surface area (TPSA) is 59.9 Å². The van der Waals surface area contributed by atoms with Crippen LogP contribution in [0.2, 0.25) is 0 Å². The first-order valence-corrected chi connectivity index (χ1v) is 6.70. The van der Waals surface area contributed by atoms with E-state index in [4.69, 9.17) is 4.74 Å². The minimum absolute atomic E-state index is 0.0624. The molecule has 0 saturated carbocycles. The molecule has 106 valence electrons. The highest BCUT2D eigenvalue weighted by Gasteiger charge is 2.18. The Labute approximate surface area is 123 Å². The number of hydrogen-bond acceptors (Lipinski definition) is 5. The van der Waals surface area contributed by atoms with Crippen molar-refractivity contribution < 1.29 is 4.74 Å². The van der Waals surface area contributed by atoms with Crippen LogP contribution in [0.25, 0.3) is 11.0 Å². The molecule has 1 unspecified atom stereocenters. The molecule has 0 radical (unpaired) electrons. The zero-order chi connectivity index (χ0) is 14.7. The van der Waals surface area contributed by atoms with Crippen molar-refractivity contribution in [1.29, 1.82) is 0 Å². The fourth-order valence-electron chi connectivity index (χ4n) is 2.41. The van der Waals surface area contributed by atoms with Gasteiger partial charge in [0, 0.05) is 18.6 Å². The molecule has 21 heavy (non-hydrogen) atoms. The van der Waals surface area contributed by atoms with Gasteiger partial charge in [0.05, 0.1) is 24.2 Å². The van der Waals surface area contributed by atoms with Crippen LogP contribution in [0.5, 0.6) is 5.75 Å². The van der Waals surface area contributed by atoms with Crippen LogP contribution in [-0.2, 0) is 0 Å². The highest BCUT2D eigenvalue weighted by Crippen LogP contribution is 2.28. The normalized spacial score (nSPS) is 12.3. The summed E-state index contributed by atoms with van der Waals surface area (Å²) in [6, 6.07) is 9.74. The molecule has 0 bridgehead atoms. The van der Waals surface area contributed by atoms with Gasteiger partial charge in [-0.25, -0.2) is 0 Å². The molecule has 1 atom stereocenters. The molecule has 5 heteroatoms. The Hall–Kier alpha value is -2.53. The predicted octanol–water partition coefficient (Wildman–Crippen LogP) is 2.34. The van der Waals surface area contributed by atoms with Crippen molar-refractivity contribution in [3.05, 3.63) is 60.2 Å². The lowest BCUT2D eigenvalue weighted by molar-refractivity contribution is 0.401. The third-order valence-electron chi connectivity index (χ3n) is 3.41. The highest BCUT2D eigenvalue weighted by molar-refractivity contribution is 5.74. The Bertz CT molecular complexity index is 760. The molecule has 0 spiro atoms. The SMILES string of the molecule is CNC(c1ccc2nccnc2c1)c1ncccc1OC. The maximum Gasteiger partial charge on any atom is 0.142 e. The van der Waals surface area contributed by atoms with Gasteiger partial charge < -0.3 is 10.1 Å². The maximum absolute atomic E-state index is 5.41. The standard InChI is InChI=1S/C16H16N4O/c1-17-15(16-14(21-2)4-3-7-20-16)11-5-6-12-13(10-11)19-9-8-18-12/h3-10,15,17H,1-2H3. The number of aromatic nitrogens is 3. The van der Waals surface area contributed by atoms with E-state index >= 15 is 0 Å². The molecule has 0 aliphatic rings. The molecule has 1 aromatic carbocycles. The van der Waals surface area contributed by atoms with Crippen molar-refractivity contribution >= 4 is 11.0 Å². The van der Waals surface area contributed by atoms with E-state index in [1.54, 1.807) is 25.7 Å². The average Bonchev–Trinajstić information content (AvgIpc) is 2.56. The first-order valence-electron chi connectivity index (χ1n) is 6.70. The molecule has 3 rings (SSSR count). The van der Waals surface area contributed by atoms with E-state index < -0.39 is 0 Å². The summed E-state index contributed by atoms with van der Waals surface area (Å²) >= 11 is 0. The summed E-state index contributed by atoms with van der Waals surface area (Å²) in [6.07, 6.45) is 5.16. The second-order valence-corrected chi connectivity index (χ2v) is 4.62. The minimum Gasteiger partial charge on any atom is -0.495 e. The summed E-state index contributed by atoms with van der Waals surface area (Å²) in [4.78, 5) is 13.1. The van der Waals surface area contributed by atoms with Crippen molar-refractivity contribution in [3.8, 4) is 5.75 Å². The predicted molar refractivity (Wildman–Crippen MR) is 81.2 cm³/mol. The van der Waals surface area contributed by atoms with Gasteiger partial charge in [-0.1, -0.05) is 6.07 Å². The number of methoxy groups -OCH3 is 1. The molecule has 0 aliphatic carbocycles. The summed E-state index contributed by atoms with van der Waals surface area (Å²) in [5.41, 5.74) is 3.67. The quantitative estimate of drug-likeness (QED) is 0.795. The van der Waals surface area contributed by atoms with Gasteiger partial charge in [-0.2, -0.15) is 0 Å². The van der Waals surface area contributed by atoms with Crippen molar-refractivity contribution in [3.63, 3.8) is 0 Å². The van der Waals surface area contributed by atoms with E-state index in [2.05, 4.69) is 20.3 Å². The fraction of sp³-hybridized carbons (Fsp3) is 0.188. The molecule has 5 nitrogen and oxygen atoms in total. The van der Waals surface area contributed by atoms with Crippen LogP contribution in [0.4, 0.5) is 0 Å². The third-order valence-corrected chi connectivity index (χ3v) is 3.41. The number of hydrogen-bond donors (Lipinski definition) is 1. The Morgan fingerprint density at radius 1 is 1.00 bits per heavy atom. The molecular formula is C16H16N4O. The number of ether oxygens (including phenoxy) is 1. The molecule has 0 saturated heterocycles. The first kappa shape index (κ1) is 13.5. The molecule has 1 N–H and O–H groups in total. The van der Waals surface area contributed by atoms with E-state index in [1.807, 2.05) is 37.4 Å². The van der Waals surface area contributed by atoms with Crippen molar-refractivity contribution in [2.75, 3.05) is 14.2 Å². The number of benzene rings is 1. The van der Waals surface area contributed by atoms with E-state index in [-0.39, 0.29) is 6.04 Å². The zero-order valence-electron chi connectivity index (χ0n) is 11.9. The zero-order valence-corrected chi connectivity index (χ0v) is 11.9. The van der Waals surface area contributed by atoms with E-state index in [0.717, 1.165) is 28.0 Å². The summed E-state index contributed by atoms with van der Waals surface area (Å²) in [5.74, 6) is 0.760. The average molecular weight is 280 g/mol. The Morgan fingerprint density at radius 2 is 1.81 bits per heavy atom. The monoisotopic (exact) mass is 280 g/mol. The molecular weight excluding hydrogens is 264 g/mol. The summed E-state index contributed by atoms with van der Waals surface area (Å²) in [6.45, 7) is 0. The van der Waals surface area contributed by atoms with Crippen LogP contribution in [0.1, 0.15) is 17.3 Å². The molecule has 0 fully saturated rings. The lowest BCUT2D eigenvalue weighted by atomic mass is 10.0. The number of nitrogens with one attached hydrogen (secondary N) is 1. The first-order chi connectivity index (χ1) is 10.3. The van der Waals surface area contributed by atoms with Gasteiger partial charge in [0.2, 0.25) is 0 Å². The van der Waals surface area contributed by atoms with Crippen LogP contribution >= 0.6 is 0 Å². The van der Waals surface area contributed by atoms with Gasteiger partial charge in [0.1, 0.15) is 11.4 Å². The van der Waals surface area contributed by atoms with Crippen molar-refractivity contribution in [1.82, 2.24) is 20.3 Å². The minimum atomic E-state index is -0.0624. The number of rotatable bonds is 4. The largest absolute Gasteiger partial charge is 0.495 e. The summed E-state index contributed by atoms with van der Waals surface area (Å²) in [5, 5.41) is 3.28. The van der Waals surface area contributed by atoms with Crippen LogP contribution in [-0.4, -0.2) is 29.1 Å². The second-order valence-electron chi connectivity index (χ2n) is 4.62. The molecule has 0 amide bonds. The summed E-state index contributed by atoms with van der Waals surface area (Å²) in [7, 11) is 3.55. The van der Waals surface area contributed by atoms with Crippen LogP contribution in [0.15, 0.2) is 48.9 Å². The Morgan fingerprint density at radius 3 is 2.57 bits per heavy atom. The third kappa shape index (κ3) is 2.55. The molecule has 3 aromatic rings. The Kier molecular flexibility index (Phi) is 3.75. The summed E-state index contributed by atoms with van der Waals surface area (Å²) < 4.78 is 5.41. The van der Waals surface area contributed by atoms with Gasteiger partial charge in [0.25, 0.3) is 0 Å². The number of pyridine rings is 1. The van der Waals surface area contributed by atoms with Crippen LogP contribution < -0.4 is 10.1 Å². The highest BCUT2D eigenvalue weighted by atomic mass is 16.5. The fourth-order valence-corrected chi connectivity index (χ4v) is 2.41. The van der Waals surface area contributed by atoms with Gasteiger partial charge in [0.15, 0.2) is 0 Å². The molecule has 0 aliphatic heterocycles. The number of nitrogens with zero attached hydrogens (tertiary/aromatic N) is 3. The maximum atomic E-state index is 5.41. The van der Waals surface area contributed by atoms with Crippen LogP contribution in [0.3, 0.4) is 0 Å². The lowest BCUT2D eigenvalue weighted by Crippen LogP contribution is -2.19. The van der Waals surface area contributed by atoms with E-state index in [9.17, 15) is 0 Å². The van der Waals surface area contributed by atoms with E-state index in [0.29, 0.717) is 0 Å². The van der Waals surface area contributed by atoms with Gasteiger partial charge in [-0.15, -0.1) is 0 Å². The van der Waals surface area contributed by atoms with Gasteiger partial charge >= 0.3 is 0 Å². The lowest BCUT2D eigenvalue weighted by Gasteiger charge is -2.18. The Balaban J connectivity index is 2.09. The van der Waals surface area contributed by atoms with E-state index in [1.165, 1.54) is 0 Å². The molecule has 2 aromatic heterocycles.